The Balaban J connectivity index is 1.41. The fraction of sp³-hybridized carbons (Fsp3) is 0.333. The highest BCUT2D eigenvalue weighted by molar-refractivity contribution is 6.02. The van der Waals surface area contributed by atoms with Crippen LogP contribution in [-0.2, 0) is 9.53 Å². The fourth-order valence-electron chi connectivity index (χ4n) is 3.99. The van der Waals surface area contributed by atoms with E-state index in [4.69, 9.17) is 25.4 Å². The van der Waals surface area contributed by atoms with Gasteiger partial charge >= 0.3 is 12.1 Å². The molecule has 2 aromatic carbocycles. The number of nitrogens with two attached hydrogens (primary N) is 1. The number of nitrogens with one attached hydrogen (secondary N) is 1. The van der Waals surface area contributed by atoms with Crippen molar-refractivity contribution in [3.05, 3.63) is 53.6 Å². The number of amidine groups is 1. The first kappa shape index (κ1) is 23.1. The van der Waals surface area contributed by atoms with Gasteiger partial charge in [-0.25, -0.2) is 4.79 Å². The third-order valence-electron chi connectivity index (χ3n) is 5.63. The highest BCUT2D eigenvalue weighted by Crippen LogP contribution is 2.35. The SMILES string of the molecule is CC(=O)Oc1c(C(=N)N)cccc1N1CC(COc2ccc(C(=O)N3CCCC3)cc2)OC1=O. The molecule has 2 aliphatic heterocycles. The van der Waals surface area contributed by atoms with Crippen LogP contribution in [0.25, 0.3) is 0 Å². The molecule has 10 nitrogen and oxygen atoms in total. The number of hydrogen-bond acceptors (Lipinski definition) is 7. The van der Waals surface area contributed by atoms with Crippen LogP contribution in [0, 0.1) is 5.41 Å². The summed E-state index contributed by atoms with van der Waals surface area (Å²) in [5.41, 5.74) is 6.69. The van der Waals surface area contributed by atoms with Crippen LogP contribution < -0.4 is 20.1 Å². The summed E-state index contributed by atoms with van der Waals surface area (Å²) < 4.78 is 16.4. The number of hydrogen-bond donors (Lipinski definition) is 2. The van der Waals surface area contributed by atoms with Gasteiger partial charge in [0.1, 0.15) is 18.2 Å². The molecule has 2 aromatic rings. The van der Waals surface area contributed by atoms with E-state index in [1.807, 2.05) is 4.90 Å². The van der Waals surface area contributed by atoms with Crippen molar-refractivity contribution >= 4 is 29.5 Å². The van der Waals surface area contributed by atoms with E-state index in [1.165, 1.54) is 17.9 Å². The van der Waals surface area contributed by atoms with Crippen molar-refractivity contribution in [3.63, 3.8) is 0 Å². The Kier molecular flexibility index (Phi) is 6.67. The van der Waals surface area contributed by atoms with Gasteiger partial charge in [0, 0.05) is 25.6 Å². The molecule has 2 aliphatic rings. The van der Waals surface area contributed by atoms with Crippen LogP contribution in [0.15, 0.2) is 42.5 Å². The molecule has 3 N–H and O–H groups in total. The minimum absolute atomic E-state index is 0.0146. The Hall–Kier alpha value is -4.08. The molecule has 2 fully saturated rings. The molecule has 0 radical (unpaired) electrons. The number of cyclic esters (lactones) is 1. The number of ether oxygens (including phenoxy) is 3. The van der Waals surface area contributed by atoms with Gasteiger partial charge in [-0.2, -0.15) is 0 Å². The van der Waals surface area contributed by atoms with E-state index in [0.717, 1.165) is 25.9 Å². The Labute approximate surface area is 196 Å². The zero-order valence-corrected chi connectivity index (χ0v) is 18.8. The number of para-hydroxylation sites is 1. The largest absolute Gasteiger partial charge is 0.490 e. The highest BCUT2D eigenvalue weighted by atomic mass is 16.6. The van der Waals surface area contributed by atoms with Crippen LogP contribution in [0.5, 0.6) is 11.5 Å². The predicted octanol–water partition coefficient (Wildman–Crippen LogP) is 2.54. The molecule has 0 spiro atoms. The smallest absolute Gasteiger partial charge is 0.415 e. The number of likely N-dealkylation sites (tertiary alicyclic amines) is 1. The first-order valence-corrected chi connectivity index (χ1v) is 11.0. The van der Waals surface area contributed by atoms with Crippen LogP contribution in [0.4, 0.5) is 10.5 Å². The third-order valence-corrected chi connectivity index (χ3v) is 5.63. The second kappa shape index (κ2) is 9.82. The monoisotopic (exact) mass is 466 g/mol. The molecule has 34 heavy (non-hydrogen) atoms. The first-order chi connectivity index (χ1) is 16.3. The van der Waals surface area contributed by atoms with Crippen molar-refractivity contribution in [2.45, 2.75) is 25.9 Å². The Bertz CT molecular complexity index is 1110. The Morgan fingerprint density at radius 1 is 1.15 bits per heavy atom. The molecule has 2 heterocycles. The average Bonchev–Trinajstić information content (AvgIpc) is 3.47. The summed E-state index contributed by atoms with van der Waals surface area (Å²) in [5, 5.41) is 7.74. The maximum absolute atomic E-state index is 12.5. The summed E-state index contributed by atoms with van der Waals surface area (Å²) in [6, 6.07) is 11.6. The number of rotatable bonds is 7. The minimum Gasteiger partial charge on any atom is -0.490 e. The van der Waals surface area contributed by atoms with Crippen LogP contribution in [-0.4, -0.2) is 61.1 Å². The molecule has 2 saturated heterocycles. The molecule has 178 valence electrons. The van der Waals surface area contributed by atoms with E-state index in [9.17, 15) is 14.4 Å². The van der Waals surface area contributed by atoms with E-state index in [-0.39, 0.29) is 41.9 Å². The lowest BCUT2D eigenvalue weighted by molar-refractivity contribution is -0.131. The van der Waals surface area contributed by atoms with Gasteiger partial charge in [-0.1, -0.05) is 6.07 Å². The van der Waals surface area contributed by atoms with Crippen molar-refractivity contribution in [2.75, 3.05) is 31.1 Å². The van der Waals surface area contributed by atoms with E-state index < -0.39 is 18.2 Å². The molecule has 0 bridgehead atoms. The van der Waals surface area contributed by atoms with Crippen LogP contribution in [0.2, 0.25) is 0 Å². The number of amides is 2. The molecule has 2 amide bonds. The Morgan fingerprint density at radius 3 is 2.50 bits per heavy atom. The molecular formula is C24H26N4O6. The molecule has 0 aromatic heterocycles. The Morgan fingerprint density at radius 2 is 1.85 bits per heavy atom. The van der Waals surface area contributed by atoms with Crippen molar-refractivity contribution in [1.29, 1.82) is 5.41 Å². The number of nitrogen functional groups attached to an aromatic ring is 1. The van der Waals surface area contributed by atoms with Gasteiger partial charge in [0.15, 0.2) is 11.9 Å². The lowest BCUT2D eigenvalue weighted by Crippen LogP contribution is -2.28. The summed E-state index contributed by atoms with van der Waals surface area (Å²) >= 11 is 0. The first-order valence-electron chi connectivity index (χ1n) is 11.0. The van der Waals surface area contributed by atoms with Crippen molar-refractivity contribution in [3.8, 4) is 11.5 Å². The molecule has 10 heteroatoms. The number of carbonyl (C=O) groups is 3. The lowest BCUT2D eigenvalue weighted by Gasteiger charge is -2.19. The summed E-state index contributed by atoms with van der Waals surface area (Å²) in [4.78, 5) is 39.7. The van der Waals surface area contributed by atoms with E-state index >= 15 is 0 Å². The average molecular weight is 466 g/mol. The molecule has 1 unspecified atom stereocenters. The van der Waals surface area contributed by atoms with Crippen LogP contribution in [0.1, 0.15) is 35.7 Å². The summed E-state index contributed by atoms with van der Waals surface area (Å²) in [5.74, 6) is -0.307. The van der Waals surface area contributed by atoms with Gasteiger partial charge < -0.3 is 24.8 Å². The number of esters is 1. The minimum atomic E-state index is -0.630. The second-order valence-electron chi connectivity index (χ2n) is 8.11. The highest BCUT2D eigenvalue weighted by Gasteiger charge is 2.35. The zero-order valence-electron chi connectivity index (χ0n) is 18.8. The van der Waals surface area contributed by atoms with Crippen molar-refractivity contribution in [1.82, 2.24) is 4.90 Å². The van der Waals surface area contributed by atoms with E-state index in [1.54, 1.807) is 36.4 Å². The number of carbonyl (C=O) groups excluding carboxylic acids is 3. The summed E-state index contributed by atoms with van der Waals surface area (Å²) in [6.45, 7) is 3.05. The van der Waals surface area contributed by atoms with Gasteiger partial charge in [0.25, 0.3) is 5.91 Å². The number of benzene rings is 2. The maximum Gasteiger partial charge on any atom is 0.415 e. The normalized spacial score (nSPS) is 17.4. The van der Waals surface area contributed by atoms with Crippen molar-refractivity contribution in [2.24, 2.45) is 5.73 Å². The topological polar surface area (TPSA) is 135 Å². The standard InChI is InChI=1S/C24H26N4O6/c1-15(29)33-21-19(22(25)26)5-4-6-20(21)28-13-18(34-24(28)31)14-32-17-9-7-16(8-10-17)23(30)27-11-2-3-12-27/h4-10,18H,2-3,11-14H2,1H3,(H3,25,26). The van der Waals surface area contributed by atoms with Crippen molar-refractivity contribution < 1.29 is 28.6 Å². The molecular weight excluding hydrogens is 440 g/mol. The van der Waals surface area contributed by atoms with Gasteiger partial charge in [0.2, 0.25) is 0 Å². The zero-order chi connectivity index (χ0) is 24.2. The maximum atomic E-state index is 12.5. The quantitative estimate of drug-likeness (QED) is 0.277. The van der Waals surface area contributed by atoms with Gasteiger partial charge in [-0.15, -0.1) is 0 Å². The van der Waals surface area contributed by atoms with Gasteiger partial charge in [0.05, 0.1) is 17.8 Å². The van der Waals surface area contributed by atoms with E-state index in [2.05, 4.69) is 0 Å². The molecule has 0 aliphatic carbocycles. The second-order valence-corrected chi connectivity index (χ2v) is 8.11. The summed E-state index contributed by atoms with van der Waals surface area (Å²) in [6.07, 6.45) is 0.857. The molecule has 4 rings (SSSR count). The molecule has 1 atom stereocenters. The predicted molar refractivity (Wildman–Crippen MR) is 123 cm³/mol. The third kappa shape index (κ3) is 4.95. The fourth-order valence-corrected chi connectivity index (χ4v) is 3.99. The van der Waals surface area contributed by atoms with Crippen LogP contribution in [0.3, 0.4) is 0 Å². The van der Waals surface area contributed by atoms with Gasteiger partial charge in [-0.05, 0) is 49.2 Å². The number of nitrogens with zero attached hydrogens (tertiary/aromatic N) is 2. The summed E-state index contributed by atoms with van der Waals surface area (Å²) in [7, 11) is 0. The van der Waals surface area contributed by atoms with Gasteiger partial charge in [-0.3, -0.25) is 19.9 Å². The number of anilines is 1. The lowest BCUT2D eigenvalue weighted by atomic mass is 10.1. The van der Waals surface area contributed by atoms with E-state index in [0.29, 0.717) is 11.3 Å². The molecule has 0 saturated carbocycles. The van der Waals surface area contributed by atoms with Crippen LogP contribution >= 0.6 is 0 Å².